The molecule has 36 valence electrons. The number of hydrogen-bond donors (Lipinski definition) is 1. The lowest BCUT2D eigenvalue weighted by Crippen LogP contribution is -1.60. The fraction of sp³-hybridized carbons (Fsp3) is 0.167. The maximum atomic E-state index is 6.52. The molecule has 0 heterocycles. The first kappa shape index (κ1) is 6.06. The molecule has 0 aliphatic carbocycles. The Morgan fingerprint density at radius 2 is 2.29 bits per heavy atom. The van der Waals surface area contributed by atoms with Gasteiger partial charge in [0.15, 0.2) is 5.57 Å². The van der Waals surface area contributed by atoms with Crippen molar-refractivity contribution in [3.05, 3.63) is 24.3 Å². The van der Waals surface area contributed by atoms with Crippen LogP contribution in [0.5, 0.6) is 0 Å². The van der Waals surface area contributed by atoms with Crippen molar-refractivity contribution in [1.29, 1.82) is 5.41 Å². The molecule has 0 spiro atoms. The van der Waals surface area contributed by atoms with Gasteiger partial charge in [0.25, 0.3) is 0 Å². The van der Waals surface area contributed by atoms with Gasteiger partial charge in [0.2, 0.25) is 0 Å². The SMILES string of the molecule is [CH+]=C(C)/C=C\C=N. The smallest absolute Gasteiger partial charge is 0.161 e. The molecule has 1 N–H and O–H groups in total. The molecule has 0 fully saturated rings. The maximum absolute atomic E-state index is 6.52. The van der Waals surface area contributed by atoms with Gasteiger partial charge in [0, 0.05) is 19.2 Å². The topological polar surface area (TPSA) is 23.9 Å². The van der Waals surface area contributed by atoms with E-state index < -0.39 is 0 Å². The Kier molecular flexibility index (Phi) is 2.82. The van der Waals surface area contributed by atoms with Crippen LogP contribution in [0, 0.1) is 12.0 Å². The van der Waals surface area contributed by atoms with Crippen molar-refractivity contribution in [1.82, 2.24) is 0 Å². The third-order valence-electron chi connectivity index (χ3n) is 0.455. The number of nitrogens with one attached hydrogen (secondary N) is 1. The van der Waals surface area contributed by atoms with Crippen LogP contribution in [-0.4, -0.2) is 6.21 Å². The second-order valence-electron chi connectivity index (χ2n) is 1.27. The van der Waals surface area contributed by atoms with Crippen LogP contribution in [0.4, 0.5) is 0 Å². The van der Waals surface area contributed by atoms with E-state index in [2.05, 4.69) is 0 Å². The summed E-state index contributed by atoms with van der Waals surface area (Å²) in [6, 6.07) is 0. The predicted octanol–water partition coefficient (Wildman–Crippen LogP) is 1.57. The first-order chi connectivity index (χ1) is 3.27. The molecule has 0 saturated heterocycles. The zero-order valence-corrected chi connectivity index (χ0v) is 4.31. The molecule has 0 radical (unpaired) electrons. The molecule has 1 heteroatoms. The molecule has 0 unspecified atom stereocenters. The third kappa shape index (κ3) is 5.06. The Morgan fingerprint density at radius 3 is 2.43 bits per heavy atom. The minimum Gasteiger partial charge on any atom is -0.307 e. The molecule has 0 amide bonds. The highest BCUT2D eigenvalue weighted by Crippen LogP contribution is 1.84. The second-order valence-corrected chi connectivity index (χ2v) is 1.27. The van der Waals surface area contributed by atoms with Gasteiger partial charge in [-0.2, -0.15) is 0 Å². The van der Waals surface area contributed by atoms with Crippen LogP contribution in [0.25, 0.3) is 0 Å². The Morgan fingerprint density at radius 1 is 1.71 bits per heavy atom. The quantitative estimate of drug-likeness (QED) is 0.305. The fourth-order valence-corrected chi connectivity index (χ4v) is 0.200. The highest BCUT2D eigenvalue weighted by molar-refractivity contribution is 5.68. The number of hydrogen-bond acceptors (Lipinski definition) is 1. The third-order valence-corrected chi connectivity index (χ3v) is 0.455. The van der Waals surface area contributed by atoms with Crippen LogP contribution < -0.4 is 0 Å². The monoisotopic (exact) mass is 94.1 g/mol. The lowest BCUT2D eigenvalue weighted by atomic mass is 10.3. The molecule has 0 aliphatic rings. The molecule has 0 bridgehead atoms. The molecule has 0 atom stereocenters. The van der Waals surface area contributed by atoms with Gasteiger partial charge in [0.05, 0.1) is 12.7 Å². The Hall–Kier alpha value is -0.940. The van der Waals surface area contributed by atoms with Crippen LogP contribution in [0.2, 0.25) is 0 Å². The summed E-state index contributed by atoms with van der Waals surface area (Å²) >= 11 is 0. The van der Waals surface area contributed by atoms with Crippen molar-refractivity contribution in [2.75, 3.05) is 0 Å². The van der Waals surface area contributed by atoms with Gasteiger partial charge in [-0.05, 0) is 0 Å². The highest BCUT2D eigenvalue weighted by atomic mass is 14.3. The summed E-state index contributed by atoms with van der Waals surface area (Å²) in [5.41, 5.74) is 0.725. The molecule has 1 nitrogen and oxygen atoms in total. The van der Waals surface area contributed by atoms with E-state index in [4.69, 9.17) is 12.0 Å². The maximum Gasteiger partial charge on any atom is 0.161 e. The summed E-state index contributed by atoms with van der Waals surface area (Å²) in [6.07, 6.45) is 4.44. The zero-order valence-electron chi connectivity index (χ0n) is 4.31. The van der Waals surface area contributed by atoms with E-state index in [1.165, 1.54) is 6.21 Å². The minimum absolute atomic E-state index is 0.725. The average Bonchev–Trinajstić information content (AvgIpc) is 1.61. The van der Waals surface area contributed by atoms with Crippen molar-refractivity contribution in [3.63, 3.8) is 0 Å². The summed E-state index contributed by atoms with van der Waals surface area (Å²) < 4.78 is 0. The van der Waals surface area contributed by atoms with Crippen molar-refractivity contribution in [2.45, 2.75) is 6.92 Å². The molecule has 7 heavy (non-hydrogen) atoms. The van der Waals surface area contributed by atoms with Crippen molar-refractivity contribution in [3.8, 4) is 0 Å². The number of allylic oxidation sites excluding steroid dienone is 3. The standard InChI is InChI=1S/C6H8N/c1-6(2)4-3-5-7/h1,3-5,7H,2H3/q+1/b4-3-,7-5?. The molecule has 0 aromatic carbocycles. The molecule has 0 aromatic heterocycles. The van der Waals surface area contributed by atoms with E-state index in [9.17, 15) is 0 Å². The van der Waals surface area contributed by atoms with E-state index >= 15 is 0 Å². The van der Waals surface area contributed by atoms with Gasteiger partial charge in [0.1, 0.15) is 0 Å². The summed E-state index contributed by atoms with van der Waals surface area (Å²) in [4.78, 5) is 0. The average molecular weight is 94.1 g/mol. The van der Waals surface area contributed by atoms with Gasteiger partial charge in [-0.15, -0.1) is 0 Å². The van der Waals surface area contributed by atoms with E-state index in [0.717, 1.165) is 5.57 Å². The van der Waals surface area contributed by atoms with Crippen LogP contribution in [-0.2, 0) is 0 Å². The largest absolute Gasteiger partial charge is 0.307 e. The van der Waals surface area contributed by atoms with Gasteiger partial charge < -0.3 is 5.41 Å². The predicted molar refractivity (Wildman–Crippen MR) is 31.4 cm³/mol. The van der Waals surface area contributed by atoms with Crippen LogP contribution in [0.15, 0.2) is 17.7 Å². The van der Waals surface area contributed by atoms with E-state index in [1.54, 1.807) is 19.1 Å². The van der Waals surface area contributed by atoms with E-state index in [0.29, 0.717) is 0 Å². The van der Waals surface area contributed by atoms with Crippen LogP contribution in [0.3, 0.4) is 0 Å². The molecular weight excluding hydrogens is 86.1 g/mol. The molecule has 0 aromatic rings. The highest BCUT2D eigenvalue weighted by Gasteiger charge is 1.80. The summed E-state index contributed by atoms with van der Waals surface area (Å²) in [5.74, 6) is 0. The zero-order chi connectivity index (χ0) is 5.70. The Balaban J connectivity index is 3.46. The van der Waals surface area contributed by atoms with Crippen LogP contribution >= 0.6 is 0 Å². The summed E-state index contributed by atoms with van der Waals surface area (Å²) in [7, 11) is 0. The molecular formula is C6H8N+. The molecule has 0 rings (SSSR count). The van der Waals surface area contributed by atoms with Gasteiger partial charge in [-0.25, -0.2) is 0 Å². The minimum atomic E-state index is 0.725. The second kappa shape index (κ2) is 3.26. The lowest BCUT2D eigenvalue weighted by Gasteiger charge is -1.62. The van der Waals surface area contributed by atoms with Gasteiger partial charge >= 0.3 is 0 Å². The lowest BCUT2D eigenvalue weighted by molar-refractivity contribution is 1.54. The van der Waals surface area contributed by atoms with Gasteiger partial charge in [-0.3, -0.25) is 0 Å². The fourth-order valence-electron chi connectivity index (χ4n) is 0.200. The van der Waals surface area contributed by atoms with Gasteiger partial charge in [-0.1, -0.05) is 0 Å². The Bertz CT molecular complexity index is 101. The van der Waals surface area contributed by atoms with Crippen LogP contribution in [0.1, 0.15) is 6.92 Å². The number of rotatable bonds is 2. The first-order valence-corrected chi connectivity index (χ1v) is 2.03. The van der Waals surface area contributed by atoms with Crippen molar-refractivity contribution < 1.29 is 0 Å². The summed E-state index contributed by atoms with van der Waals surface area (Å²) in [5, 5.41) is 6.52. The summed E-state index contributed by atoms with van der Waals surface area (Å²) in [6.45, 7) is 6.98. The molecule has 0 saturated carbocycles. The normalized spacial score (nSPS) is 9.14. The molecule has 0 aliphatic heterocycles. The van der Waals surface area contributed by atoms with E-state index in [1.807, 2.05) is 0 Å². The Labute approximate surface area is 43.9 Å². The van der Waals surface area contributed by atoms with Crippen molar-refractivity contribution in [2.24, 2.45) is 0 Å². The van der Waals surface area contributed by atoms with E-state index in [-0.39, 0.29) is 0 Å². The van der Waals surface area contributed by atoms with Crippen molar-refractivity contribution >= 4 is 6.21 Å². The first-order valence-electron chi connectivity index (χ1n) is 2.03.